The average molecular weight is 683 g/mol. The topological polar surface area (TPSA) is 139 Å². The lowest BCUT2D eigenvalue weighted by molar-refractivity contribution is 0.00800. The van der Waals surface area contributed by atoms with Crippen LogP contribution in [-0.4, -0.2) is 75.5 Å². The third kappa shape index (κ3) is 8.29. The molecule has 260 valence electrons. The van der Waals surface area contributed by atoms with Gasteiger partial charge in [-0.15, -0.1) is 0 Å². The van der Waals surface area contributed by atoms with Crippen LogP contribution in [0.3, 0.4) is 0 Å². The molecule has 6 heterocycles. The molecule has 0 saturated carbocycles. The number of amides is 2. The largest absolute Gasteiger partial charge is 0.444 e. The van der Waals surface area contributed by atoms with Gasteiger partial charge in [0.05, 0.1) is 23.5 Å². The maximum absolute atomic E-state index is 12.6. The Morgan fingerprint density at radius 2 is 1.33 bits per heavy atom. The normalized spacial score (nSPS) is 18.9. The van der Waals surface area contributed by atoms with Gasteiger partial charge in [-0.2, -0.15) is 5.10 Å². The summed E-state index contributed by atoms with van der Waals surface area (Å²) in [6.07, 6.45) is 5.09. The highest BCUT2D eigenvalue weighted by Crippen LogP contribution is 2.33. The molecule has 2 fully saturated rings. The van der Waals surface area contributed by atoms with Gasteiger partial charge in [-0.3, -0.25) is 19.7 Å². The summed E-state index contributed by atoms with van der Waals surface area (Å²) < 4.78 is 14.1. The quantitative estimate of drug-likeness (QED) is 0.224. The van der Waals surface area contributed by atoms with E-state index in [9.17, 15) is 14.4 Å². The number of hydrogen-bond acceptors (Lipinski definition) is 8. The molecule has 2 aliphatic heterocycles. The van der Waals surface area contributed by atoms with Gasteiger partial charge >= 0.3 is 12.2 Å². The van der Waals surface area contributed by atoms with E-state index in [0.29, 0.717) is 35.2 Å². The van der Waals surface area contributed by atoms with Crippen LogP contribution in [0.1, 0.15) is 115 Å². The molecule has 0 unspecified atom stereocenters. The number of halogens is 1. The van der Waals surface area contributed by atoms with E-state index < -0.39 is 11.2 Å². The Bertz CT molecular complexity index is 1850. The molecule has 2 atom stereocenters. The Hall–Kier alpha value is -4.13. The highest BCUT2D eigenvalue weighted by Gasteiger charge is 2.34. The summed E-state index contributed by atoms with van der Waals surface area (Å²) >= 11 is 6.26. The van der Waals surface area contributed by atoms with E-state index in [4.69, 9.17) is 21.1 Å². The molecule has 2 saturated heterocycles. The Morgan fingerprint density at radius 3 is 1.94 bits per heavy atom. The van der Waals surface area contributed by atoms with Crippen molar-refractivity contribution in [3.05, 3.63) is 62.5 Å². The summed E-state index contributed by atoms with van der Waals surface area (Å²) in [5.74, 6) is 0. The Labute approximate surface area is 285 Å². The van der Waals surface area contributed by atoms with Crippen LogP contribution in [-0.2, 0) is 9.47 Å². The molecule has 2 amide bonds. The molecule has 4 aromatic rings. The van der Waals surface area contributed by atoms with Crippen LogP contribution in [0.15, 0.2) is 29.1 Å². The number of nitrogens with one attached hydrogen (secondary N) is 1. The third-order valence-electron chi connectivity index (χ3n) is 8.09. The second kappa shape index (κ2) is 13.8. The molecule has 1 N–H and O–H groups in total. The van der Waals surface area contributed by atoms with E-state index in [2.05, 4.69) is 20.2 Å². The summed E-state index contributed by atoms with van der Waals surface area (Å²) in [7, 11) is 0. The van der Waals surface area contributed by atoms with Crippen molar-refractivity contribution in [1.82, 2.24) is 39.0 Å². The number of aromatic amines is 1. The van der Waals surface area contributed by atoms with Gasteiger partial charge in [-0.05, 0) is 100.0 Å². The molecule has 48 heavy (non-hydrogen) atoms. The van der Waals surface area contributed by atoms with Crippen LogP contribution in [0.4, 0.5) is 9.59 Å². The number of aryl methyl sites for hydroxylation is 2. The summed E-state index contributed by atoms with van der Waals surface area (Å²) in [6, 6.07) is 6.78. The smallest absolute Gasteiger partial charge is 0.410 e. The van der Waals surface area contributed by atoms with E-state index in [1.807, 2.05) is 60.6 Å². The summed E-state index contributed by atoms with van der Waals surface area (Å²) in [5.41, 5.74) is 3.22. The second-order valence-electron chi connectivity index (χ2n) is 14.6. The number of fused-ring (bicyclic) bond motifs is 2. The number of likely N-dealkylation sites (tertiary alicyclic amines) is 2. The molecule has 0 radical (unpaired) electrons. The van der Waals surface area contributed by atoms with Crippen LogP contribution < -0.4 is 5.56 Å². The van der Waals surface area contributed by atoms with Gasteiger partial charge in [0.1, 0.15) is 16.4 Å². The molecule has 2 aliphatic rings. The minimum Gasteiger partial charge on any atom is -0.444 e. The third-order valence-corrected chi connectivity index (χ3v) is 8.36. The highest BCUT2D eigenvalue weighted by molar-refractivity contribution is 6.29. The van der Waals surface area contributed by atoms with Gasteiger partial charge in [0.15, 0.2) is 11.3 Å². The Kier molecular flexibility index (Phi) is 10.1. The van der Waals surface area contributed by atoms with Crippen LogP contribution in [0.25, 0.3) is 11.3 Å². The van der Waals surface area contributed by atoms with Crippen molar-refractivity contribution in [2.45, 2.75) is 117 Å². The predicted molar refractivity (Wildman–Crippen MR) is 182 cm³/mol. The molecule has 0 spiro atoms. The fourth-order valence-electron chi connectivity index (χ4n) is 6.11. The number of H-pyrrole nitrogens is 1. The maximum Gasteiger partial charge on any atom is 0.410 e. The van der Waals surface area contributed by atoms with Crippen molar-refractivity contribution in [1.29, 1.82) is 0 Å². The number of piperidine rings is 2. The summed E-state index contributed by atoms with van der Waals surface area (Å²) in [4.78, 5) is 49.5. The first-order valence-corrected chi connectivity index (χ1v) is 17.0. The lowest BCUT2D eigenvalue weighted by Crippen LogP contribution is -2.42. The fraction of sp³-hybridized carbons (Fsp3) is 0.588. The van der Waals surface area contributed by atoms with Gasteiger partial charge in [0, 0.05) is 42.7 Å². The molecule has 4 aromatic heterocycles. The monoisotopic (exact) mass is 682 g/mol. The number of carbonyl (C=O) groups excluding carboxylic acids is 2. The van der Waals surface area contributed by atoms with Crippen molar-refractivity contribution in [2.75, 3.05) is 13.1 Å². The highest BCUT2D eigenvalue weighted by atomic mass is 35.5. The predicted octanol–water partition coefficient (Wildman–Crippen LogP) is 6.95. The lowest BCUT2D eigenvalue weighted by Gasteiger charge is -2.36. The van der Waals surface area contributed by atoms with Crippen LogP contribution >= 0.6 is 11.6 Å². The van der Waals surface area contributed by atoms with E-state index >= 15 is 0 Å². The number of ether oxygens (including phenoxy) is 2. The zero-order valence-electron chi connectivity index (χ0n) is 29.2. The number of hydrogen-bond donors (Lipinski definition) is 1. The number of carbonyl (C=O) groups is 2. The SMILES string of the molecule is Cc1cc(=O)n2[nH]c([C@@H]3CCCCN3C(=O)OC(C)(C)C)cc2n1.Cc1cc(Cl)n2nc([C@@H]3CCCCN3C(=O)OC(C)(C)C)cc2n1. The number of aromatic nitrogens is 6. The zero-order valence-corrected chi connectivity index (χ0v) is 29.9. The maximum atomic E-state index is 12.6. The van der Waals surface area contributed by atoms with E-state index in [-0.39, 0.29) is 29.8 Å². The van der Waals surface area contributed by atoms with E-state index in [0.717, 1.165) is 55.6 Å². The fourth-order valence-corrected chi connectivity index (χ4v) is 6.39. The van der Waals surface area contributed by atoms with Crippen molar-refractivity contribution in [3.8, 4) is 0 Å². The average Bonchev–Trinajstić information content (AvgIpc) is 3.61. The summed E-state index contributed by atoms with van der Waals surface area (Å²) in [5, 5.41) is 8.20. The van der Waals surface area contributed by atoms with Gasteiger partial charge in [-0.25, -0.2) is 28.6 Å². The van der Waals surface area contributed by atoms with Crippen molar-refractivity contribution in [3.63, 3.8) is 0 Å². The van der Waals surface area contributed by atoms with Gasteiger partial charge in [-0.1, -0.05) is 11.6 Å². The van der Waals surface area contributed by atoms with Crippen molar-refractivity contribution >= 4 is 35.1 Å². The molecule has 6 rings (SSSR count). The zero-order chi connectivity index (χ0) is 35.0. The number of rotatable bonds is 2. The molecule has 0 aromatic carbocycles. The molecule has 0 aliphatic carbocycles. The number of nitrogens with zero attached hydrogens (tertiary/aromatic N) is 7. The van der Waals surface area contributed by atoms with Crippen LogP contribution in [0.2, 0.25) is 5.15 Å². The van der Waals surface area contributed by atoms with Crippen LogP contribution in [0, 0.1) is 13.8 Å². The molecule has 14 heteroatoms. The Morgan fingerprint density at radius 1 is 0.792 bits per heavy atom. The molecular formula is C34H47ClN8O5. The first kappa shape index (κ1) is 35.2. The van der Waals surface area contributed by atoms with E-state index in [1.54, 1.807) is 27.3 Å². The van der Waals surface area contributed by atoms with Gasteiger partial charge < -0.3 is 9.47 Å². The Balaban J connectivity index is 0.000000188. The standard InChI is InChI=1S/C17H23ClN4O2.C17H24N4O3/c1-11-9-14(18)22-15(19-11)10-12(20-22)13-7-5-6-8-21(13)16(23)24-17(2,3)4;1-11-9-15(22)21-14(18-11)10-12(19-21)13-7-5-6-8-20(13)16(23)24-17(2,3)4/h9-10,13H,5-8H2,1-4H3;9-10,13,19H,5-8H2,1-4H3/t2*13-/m00/s1. The lowest BCUT2D eigenvalue weighted by atomic mass is 10.00. The minimum atomic E-state index is -0.533. The molecule has 0 bridgehead atoms. The first-order chi connectivity index (χ1) is 22.5. The van der Waals surface area contributed by atoms with Gasteiger partial charge in [0.25, 0.3) is 5.56 Å². The minimum absolute atomic E-state index is 0.105. The molecule has 13 nitrogen and oxygen atoms in total. The van der Waals surface area contributed by atoms with E-state index in [1.165, 1.54) is 10.6 Å². The van der Waals surface area contributed by atoms with Crippen molar-refractivity contribution in [2.24, 2.45) is 0 Å². The first-order valence-electron chi connectivity index (χ1n) is 16.6. The second-order valence-corrected chi connectivity index (χ2v) is 15.0. The van der Waals surface area contributed by atoms with Gasteiger partial charge in [0.2, 0.25) is 0 Å². The van der Waals surface area contributed by atoms with Crippen LogP contribution in [0.5, 0.6) is 0 Å². The summed E-state index contributed by atoms with van der Waals surface area (Å²) in [6.45, 7) is 16.2. The molecular weight excluding hydrogens is 636 g/mol. The van der Waals surface area contributed by atoms with Crippen molar-refractivity contribution < 1.29 is 19.1 Å².